The smallest absolute Gasteiger partial charge is 0.308 e. The number of rotatable bonds is 9. The van der Waals surface area contributed by atoms with E-state index in [9.17, 15) is 17.6 Å². The molecular formula is C33H43FN2O6S. The molecule has 1 fully saturated rings. The Bertz CT molecular complexity index is 1540. The van der Waals surface area contributed by atoms with Crippen LogP contribution in [-0.2, 0) is 35.4 Å². The zero-order valence-corrected chi connectivity index (χ0v) is 27.1. The Morgan fingerprint density at radius 2 is 1.67 bits per heavy atom. The first-order valence-corrected chi connectivity index (χ1v) is 16.2. The van der Waals surface area contributed by atoms with E-state index in [-0.39, 0.29) is 34.3 Å². The largest absolute Gasteiger partial charge is 0.460 e. The van der Waals surface area contributed by atoms with Crippen LogP contribution in [0.4, 0.5) is 4.39 Å². The van der Waals surface area contributed by atoms with Gasteiger partial charge in [-0.25, -0.2) is 17.8 Å². The maximum absolute atomic E-state index is 13.9. The molecule has 0 amide bonds. The Labute approximate surface area is 254 Å². The van der Waals surface area contributed by atoms with Gasteiger partial charge in [0, 0.05) is 18.5 Å². The van der Waals surface area contributed by atoms with E-state index in [0.29, 0.717) is 36.5 Å². The average molecular weight is 615 g/mol. The van der Waals surface area contributed by atoms with Crippen LogP contribution < -0.4 is 0 Å². The third-order valence-corrected chi connectivity index (χ3v) is 8.83. The maximum Gasteiger partial charge on any atom is 0.308 e. The van der Waals surface area contributed by atoms with Crippen LogP contribution in [0.1, 0.15) is 84.9 Å². The highest BCUT2D eigenvalue weighted by Gasteiger charge is 2.38. The molecule has 1 saturated heterocycles. The lowest BCUT2D eigenvalue weighted by Gasteiger charge is -2.41. The van der Waals surface area contributed by atoms with Crippen molar-refractivity contribution >= 4 is 15.8 Å². The molecule has 3 aromatic rings. The molecule has 0 saturated carbocycles. The molecule has 4 rings (SSSR count). The van der Waals surface area contributed by atoms with Crippen molar-refractivity contribution in [3.63, 3.8) is 0 Å². The van der Waals surface area contributed by atoms with Gasteiger partial charge in [0.05, 0.1) is 29.2 Å². The first-order chi connectivity index (χ1) is 19.9. The minimum Gasteiger partial charge on any atom is -0.460 e. The second kappa shape index (κ2) is 12.5. The Hall–Kier alpha value is -3.08. The van der Waals surface area contributed by atoms with E-state index in [1.807, 2.05) is 60.0 Å². The van der Waals surface area contributed by atoms with Crippen LogP contribution in [0.15, 0.2) is 58.5 Å². The molecule has 0 bridgehead atoms. The SMILES string of the molecule is Cc1ccc(S(=O)(=O)c2nc(-c3ccc(F)cc3)n(CC[C@@H]3C[C@H](CC(=O)OC(C)(C)C)OC(C)(C)O3)c2C(C)C)cc1. The molecule has 0 spiro atoms. The summed E-state index contributed by atoms with van der Waals surface area (Å²) in [5.74, 6) is -1.41. The Kier molecular flexibility index (Phi) is 9.54. The third-order valence-electron chi connectivity index (χ3n) is 7.12. The minimum absolute atomic E-state index is 0.0123. The van der Waals surface area contributed by atoms with Crippen LogP contribution in [0.5, 0.6) is 0 Å². The molecule has 2 atom stereocenters. The second-order valence-electron chi connectivity index (χ2n) is 13.0. The van der Waals surface area contributed by atoms with E-state index >= 15 is 0 Å². The van der Waals surface area contributed by atoms with E-state index < -0.39 is 33.1 Å². The molecule has 234 valence electrons. The van der Waals surface area contributed by atoms with Crippen molar-refractivity contribution in [1.82, 2.24) is 9.55 Å². The zero-order valence-electron chi connectivity index (χ0n) is 26.3. The van der Waals surface area contributed by atoms with Gasteiger partial charge in [-0.2, -0.15) is 0 Å². The van der Waals surface area contributed by atoms with Crippen molar-refractivity contribution in [3.8, 4) is 11.4 Å². The molecule has 0 N–H and O–H groups in total. The molecule has 8 nitrogen and oxygen atoms in total. The quantitative estimate of drug-likeness (QED) is 0.240. The van der Waals surface area contributed by atoms with E-state index in [1.54, 1.807) is 36.4 Å². The summed E-state index contributed by atoms with van der Waals surface area (Å²) in [7, 11) is -3.96. The lowest BCUT2D eigenvalue weighted by atomic mass is 10.0. The molecule has 1 aliphatic heterocycles. The van der Waals surface area contributed by atoms with Crippen molar-refractivity contribution < 1.29 is 31.8 Å². The standard InChI is InChI=1S/C33H43FN2O6S/c1-21(2)29-31(43(38,39)27-15-9-22(3)10-16-27)35-30(23-11-13-24(34)14-12-23)36(29)18-17-25-19-26(41-33(7,8)40-25)20-28(37)42-32(4,5)6/h9-16,21,25-26H,17-20H2,1-8H3/t25-,26-/m1/s1. The summed E-state index contributed by atoms with van der Waals surface area (Å²) in [5.41, 5.74) is 1.52. The maximum atomic E-state index is 13.9. The molecule has 1 aromatic heterocycles. The van der Waals surface area contributed by atoms with Crippen LogP contribution in [0.2, 0.25) is 0 Å². The highest BCUT2D eigenvalue weighted by molar-refractivity contribution is 7.91. The number of nitrogens with zero attached hydrogens (tertiary/aromatic N) is 2. The number of aromatic nitrogens is 2. The second-order valence-corrected chi connectivity index (χ2v) is 14.8. The monoisotopic (exact) mass is 614 g/mol. The molecule has 2 heterocycles. The molecular weight excluding hydrogens is 571 g/mol. The topological polar surface area (TPSA) is 96.7 Å². The van der Waals surface area contributed by atoms with E-state index in [2.05, 4.69) is 0 Å². The highest BCUT2D eigenvalue weighted by atomic mass is 32.2. The number of carbonyl (C=O) groups is 1. The number of aryl methyl sites for hydroxylation is 1. The van der Waals surface area contributed by atoms with Crippen LogP contribution in [0.25, 0.3) is 11.4 Å². The molecule has 43 heavy (non-hydrogen) atoms. The predicted octanol–water partition coefficient (Wildman–Crippen LogP) is 6.99. The summed E-state index contributed by atoms with van der Waals surface area (Å²) >= 11 is 0. The number of ether oxygens (including phenoxy) is 3. The summed E-state index contributed by atoms with van der Waals surface area (Å²) in [6, 6.07) is 12.6. The van der Waals surface area contributed by atoms with Gasteiger partial charge in [-0.05, 0) is 90.3 Å². The number of esters is 1. The normalized spacial score (nSPS) is 19.0. The van der Waals surface area contributed by atoms with E-state index in [1.165, 1.54) is 12.1 Å². The average Bonchev–Trinajstić information content (AvgIpc) is 3.27. The number of hydrogen-bond donors (Lipinski definition) is 0. The van der Waals surface area contributed by atoms with Gasteiger partial charge in [0.1, 0.15) is 17.2 Å². The predicted molar refractivity (Wildman–Crippen MR) is 162 cm³/mol. The number of imidazole rings is 1. The van der Waals surface area contributed by atoms with Crippen LogP contribution in [0.3, 0.4) is 0 Å². The van der Waals surface area contributed by atoms with Crippen molar-refractivity contribution in [1.29, 1.82) is 0 Å². The number of halogens is 1. The van der Waals surface area contributed by atoms with Gasteiger partial charge in [0.15, 0.2) is 10.8 Å². The fourth-order valence-corrected chi connectivity index (χ4v) is 6.98. The molecule has 10 heteroatoms. The first-order valence-electron chi connectivity index (χ1n) is 14.7. The number of sulfone groups is 1. The zero-order chi connectivity index (χ0) is 31.7. The van der Waals surface area contributed by atoms with Gasteiger partial charge in [0.2, 0.25) is 9.84 Å². The van der Waals surface area contributed by atoms with Crippen molar-refractivity contribution in [2.45, 2.75) is 121 Å². The van der Waals surface area contributed by atoms with Crippen molar-refractivity contribution in [2.24, 2.45) is 0 Å². The summed E-state index contributed by atoms with van der Waals surface area (Å²) < 4.78 is 61.5. The van der Waals surface area contributed by atoms with E-state index in [4.69, 9.17) is 19.2 Å². The van der Waals surface area contributed by atoms with Crippen molar-refractivity contribution in [2.75, 3.05) is 0 Å². The van der Waals surface area contributed by atoms with Gasteiger partial charge in [-0.15, -0.1) is 0 Å². The Morgan fingerprint density at radius 1 is 1.07 bits per heavy atom. The summed E-state index contributed by atoms with van der Waals surface area (Å²) in [6.07, 6.45) is 0.394. The molecule has 0 aliphatic carbocycles. The molecule has 0 unspecified atom stereocenters. The van der Waals surface area contributed by atoms with Crippen molar-refractivity contribution in [3.05, 3.63) is 65.6 Å². The molecule has 0 radical (unpaired) electrons. The molecule has 1 aliphatic rings. The van der Waals surface area contributed by atoms with Gasteiger partial charge in [-0.3, -0.25) is 4.79 Å². The fourth-order valence-electron chi connectivity index (χ4n) is 5.44. The Morgan fingerprint density at radius 3 is 2.26 bits per heavy atom. The fraction of sp³-hybridized carbons (Fsp3) is 0.515. The number of benzene rings is 2. The highest BCUT2D eigenvalue weighted by Crippen LogP contribution is 2.36. The van der Waals surface area contributed by atoms with Crippen LogP contribution >= 0.6 is 0 Å². The van der Waals surface area contributed by atoms with Crippen LogP contribution in [-0.4, -0.2) is 47.5 Å². The van der Waals surface area contributed by atoms with Crippen LogP contribution in [0, 0.1) is 12.7 Å². The number of hydrogen-bond acceptors (Lipinski definition) is 7. The van der Waals surface area contributed by atoms with Gasteiger partial charge in [-0.1, -0.05) is 31.5 Å². The van der Waals surface area contributed by atoms with Gasteiger partial charge >= 0.3 is 5.97 Å². The summed E-state index contributed by atoms with van der Waals surface area (Å²) in [4.78, 5) is 17.4. The Balaban J connectivity index is 1.70. The number of carbonyl (C=O) groups excluding carboxylic acids is 1. The summed E-state index contributed by atoms with van der Waals surface area (Å²) in [5, 5.41) is -0.0123. The third kappa shape index (κ3) is 8.10. The summed E-state index contributed by atoms with van der Waals surface area (Å²) in [6.45, 7) is 15.2. The van der Waals surface area contributed by atoms with Gasteiger partial charge in [0.25, 0.3) is 0 Å². The lowest BCUT2D eigenvalue weighted by Crippen LogP contribution is -2.46. The minimum atomic E-state index is -3.96. The molecule has 2 aromatic carbocycles. The van der Waals surface area contributed by atoms with E-state index in [0.717, 1.165) is 5.56 Å². The van der Waals surface area contributed by atoms with Gasteiger partial charge < -0.3 is 18.8 Å². The lowest BCUT2D eigenvalue weighted by molar-refractivity contribution is -0.301. The first kappa shape index (κ1) is 32.8.